The normalized spacial score (nSPS) is 14.8. The van der Waals surface area contributed by atoms with Crippen LogP contribution in [0.3, 0.4) is 0 Å². The molecule has 0 aliphatic carbocycles. The van der Waals surface area contributed by atoms with E-state index >= 15 is 0 Å². The maximum absolute atomic E-state index is 9.56. The standard InChI is InChI=1S/2Na.H2O3S2Se/c;;1-5(2,4)3-6/h;;6H,(H,1,2,4)/q2*+1;/p-2. The molecule has 0 N–H and O–H groups in total. The Hall–Kier alpha value is 2.81. The summed E-state index contributed by atoms with van der Waals surface area (Å²) in [6, 6.07) is 0. The van der Waals surface area contributed by atoms with Crippen LogP contribution in [0, 0.1) is 0 Å². The minimum atomic E-state index is -3.63. The Morgan fingerprint density at radius 2 is 1.75 bits per heavy atom. The first kappa shape index (κ1) is 17.1. The second-order valence-electron chi connectivity index (χ2n) is 0.476. The maximum atomic E-state index is 9.56. The Balaban J connectivity index is -0.000000125. The predicted molar refractivity (Wildman–Crippen MR) is 23.1 cm³/mol. The summed E-state index contributed by atoms with van der Waals surface area (Å²) < 4.78 is 22.7. The molecule has 0 aromatic heterocycles. The van der Waals surface area contributed by atoms with Crippen LogP contribution >= 0.6 is 0 Å². The molecule has 0 rings (SSSR count). The van der Waals surface area contributed by atoms with Crippen molar-refractivity contribution in [1.82, 2.24) is 0 Å². The molecule has 0 radical (unpaired) electrons. The fraction of sp³-hybridized carbons (Fsp3) is 0. The summed E-state index contributed by atoms with van der Waals surface area (Å²) in [7, 11) is -3.63. The third-order valence-electron chi connectivity index (χ3n) is 0.0833. The summed E-state index contributed by atoms with van der Waals surface area (Å²) in [5.74, 6) is 0. The van der Waals surface area contributed by atoms with Gasteiger partial charge < -0.3 is 0 Å². The summed E-state index contributed by atoms with van der Waals surface area (Å²) in [4.78, 5) is 0. The minimum Gasteiger partial charge on any atom is 1.00 e. The van der Waals surface area contributed by atoms with E-state index < -0.39 is 9.05 Å². The van der Waals surface area contributed by atoms with Crippen molar-refractivity contribution in [2.75, 3.05) is 0 Å². The first-order valence-electron chi connectivity index (χ1n) is 0.833. The van der Waals surface area contributed by atoms with E-state index in [2.05, 4.69) is 14.5 Å². The number of hydrogen-bond acceptors (Lipinski definition) is 4. The Bertz CT molecular complexity index is 117. The zero-order valence-electron chi connectivity index (χ0n) is 4.45. The fourth-order valence-electron chi connectivity index (χ4n) is 0. The van der Waals surface area contributed by atoms with Crippen molar-refractivity contribution in [3.63, 3.8) is 0 Å². The van der Waals surface area contributed by atoms with Crippen LogP contribution in [0.2, 0.25) is 0 Å². The summed E-state index contributed by atoms with van der Waals surface area (Å²) in [5, 5.41) is 0. The van der Waals surface area contributed by atoms with Gasteiger partial charge in [-0.3, -0.25) is 0 Å². The zero-order valence-corrected chi connectivity index (χ0v) is 11.8. The summed E-state index contributed by atoms with van der Waals surface area (Å²) in [6.07, 6.45) is 0. The van der Waals surface area contributed by atoms with Gasteiger partial charge in [0, 0.05) is 0 Å². The van der Waals surface area contributed by atoms with Crippen LogP contribution in [0.1, 0.15) is 0 Å². The van der Waals surface area contributed by atoms with Gasteiger partial charge in [-0.05, 0) is 0 Å². The maximum Gasteiger partial charge on any atom is 1.00 e. The average molecular weight is 237 g/mol. The minimum absolute atomic E-state index is 0. The molecule has 0 aliphatic heterocycles. The van der Waals surface area contributed by atoms with Crippen LogP contribution in [0.25, 0.3) is 0 Å². The molecule has 0 bridgehead atoms. The van der Waals surface area contributed by atoms with E-state index in [4.69, 9.17) is 0 Å². The quantitative estimate of drug-likeness (QED) is 0.425. The molecule has 0 aromatic carbocycles. The van der Waals surface area contributed by atoms with E-state index in [0.29, 0.717) is 0 Å². The third-order valence-corrected chi connectivity index (χ3v) is 2.17. The van der Waals surface area contributed by atoms with Gasteiger partial charge >= 0.3 is 108 Å². The Morgan fingerprint density at radius 1 is 1.62 bits per heavy atom. The van der Waals surface area contributed by atoms with Gasteiger partial charge in [0.15, 0.2) is 0 Å². The number of rotatable bonds is 1. The Kier molecular flexibility index (Phi) is 16.9. The molecule has 3 nitrogen and oxygen atoms in total. The average Bonchev–Trinajstić information content (AvgIpc) is 1.35. The van der Waals surface area contributed by atoms with E-state index in [1.807, 2.05) is 0 Å². The van der Waals surface area contributed by atoms with Crippen molar-refractivity contribution in [1.29, 1.82) is 0 Å². The van der Waals surface area contributed by atoms with E-state index in [0.717, 1.165) is 0 Å². The van der Waals surface area contributed by atoms with Crippen molar-refractivity contribution in [2.24, 2.45) is 0 Å². The van der Waals surface area contributed by atoms with Crippen LogP contribution < -0.4 is 59.1 Å². The van der Waals surface area contributed by atoms with E-state index in [1.54, 1.807) is 16.3 Å². The van der Waals surface area contributed by atoms with Gasteiger partial charge in [-0.2, -0.15) is 0 Å². The van der Waals surface area contributed by atoms with Crippen LogP contribution in [-0.2, 0) is 23.5 Å². The molecule has 0 heterocycles. The van der Waals surface area contributed by atoms with E-state index in [1.165, 1.54) is 0 Å². The van der Waals surface area contributed by atoms with Crippen molar-refractivity contribution in [2.45, 2.75) is 0 Å². The Morgan fingerprint density at radius 3 is 1.75 bits per heavy atom. The second kappa shape index (κ2) is 7.91. The number of hydrogen-bond donors (Lipinski definition) is 0. The molecule has 0 amide bonds. The summed E-state index contributed by atoms with van der Waals surface area (Å²) in [6.45, 7) is 0. The summed E-state index contributed by atoms with van der Waals surface area (Å²) >= 11 is 5.50. The first-order chi connectivity index (χ1) is 2.56. The molecule has 38 valence electrons. The smallest absolute Gasteiger partial charge is 1.00 e. The molecule has 0 spiro atoms. The van der Waals surface area contributed by atoms with Crippen LogP contribution in [0.4, 0.5) is 0 Å². The molecule has 0 fully saturated rings. The largest absolute Gasteiger partial charge is 1.00 e. The second-order valence-corrected chi connectivity index (χ2v) is 3.51. The molecular weight excluding hydrogens is 237 g/mol. The van der Waals surface area contributed by atoms with Gasteiger partial charge in [0.1, 0.15) is 0 Å². The van der Waals surface area contributed by atoms with E-state index in [9.17, 15) is 8.76 Å². The molecule has 1 unspecified atom stereocenters. The molecule has 1 atom stereocenters. The van der Waals surface area contributed by atoms with Gasteiger partial charge in [0.05, 0.1) is 0 Å². The van der Waals surface area contributed by atoms with Gasteiger partial charge in [0.2, 0.25) is 0 Å². The van der Waals surface area contributed by atoms with Crippen LogP contribution in [0.15, 0.2) is 0 Å². The zero-order chi connectivity index (χ0) is 5.21. The van der Waals surface area contributed by atoms with Crippen molar-refractivity contribution < 1.29 is 71.1 Å². The fourth-order valence-corrected chi connectivity index (χ4v) is 0. The van der Waals surface area contributed by atoms with Crippen LogP contribution in [-0.4, -0.2) is 25.1 Å². The van der Waals surface area contributed by atoms with Crippen LogP contribution in [0.5, 0.6) is 0 Å². The van der Waals surface area contributed by atoms with E-state index in [-0.39, 0.29) is 59.1 Å². The Labute approximate surface area is 106 Å². The third kappa shape index (κ3) is 15.9. The molecule has 8 heavy (non-hydrogen) atoms. The first-order valence-corrected chi connectivity index (χ1v) is 3.87. The molecule has 0 aliphatic rings. The molecule has 0 saturated carbocycles. The predicted octanol–water partition coefficient (Wildman–Crippen LogP) is -7.11. The molecule has 0 aromatic rings. The van der Waals surface area contributed by atoms with Gasteiger partial charge in [-0.25, -0.2) is 0 Å². The monoisotopic (exact) mass is 238 g/mol. The van der Waals surface area contributed by atoms with Crippen molar-refractivity contribution >= 4 is 36.6 Å². The van der Waals surface area contributed by atoms with Crippen molar-refractivity contribution in [3.8, 4) is 0 Å². The molecule has 0 saturated heterocycles. The van der Waals surface area contributed by atoms with Crippen molar-refractivity contribution in [3.05, 3.63) is 0 Å². The summed E-state index contributed by atoms with van der Waals surface area (Å²) in [5.41, 5.74) is 0. The molecule has 8 heteroatoms. The van der Waals surface area contributed by atoms with Gasteiger partial charge in [0.25, 0.3) is 0 Å². The van der Waals surface area contributed by atoms with Gasteiger partial charge in [-0.1, -0.05) is 0 Å². The van der Waals surface area contributed by atoms with Gasteiger partial charge in [-0.15, -0.1) is 0 Å². The molecular formula is Na2O3S2Se. The SMILES string of the molecule is O=S([O-])(=S)O[Se-].[Na+].[Na+]. The topological polar surface area (TPSA) is 49.4 Å².